The number of pyridine rings is 1. The van der Waals surface area contributed by atoms with Crippen LogP contribution in [0.25, 0.3) is 0 Å². The Morgan fingerprint density at radius 1 is 1.38 bits per heavy atom. The van der Waals surface area contributed by atoms with Crippen molar-refractivity contribution < 1.29 is 9.53 Å². The number of aromatic nitrogens is 1. The van der Waals surface area contributed by atoms with E-state index in [-0.39, 0.29) is 0 Å². The first-order valence-corrected chi connectivity index (χ1v) is 6.89. The van der Waals surface area contributed by atoms with E-state index in [0.717, 1.165) is 11.3 Å². The number of nitrogens with two attached hydrogens (primary N) is 1. The second-order valence-electron chi connectivity index (χ2n) is 4.34. The molecule has 21 heavy (non-hydrogen) atoms. The fraction of sp³-hybridized carbons (Fsp3) is 0.200. The summed E-state index contributed by atoms with van der Waals surface area (Å²) in [7, 11) is 0. The first-order chi connectivity index (χ1) is 10.1. The number of hydrogen-bond donors (Lipinski definition) is 2. The van der Waals surface area contributed by atoms with Gasteiger partial charge in [-0.1, -0.05) is 17.7 Å². The lowest BCUT2D eigenvalue weighted by Crippen LogP contribution is -2.11. The summed E-state index contributed by atoms with van der Waals surface area (Å²) in [6, 6.07) is 8.67. The number of halogens is 1. The topological polar surface area (TPSA) is 77.2 Å². The smallest absolute Gasteiger partial charge is 0.248 e. The van der Waals surface area contributed by atoms with Crippen LogP contribution in [0.1, 0.15) is 22.8 Å². The highest BCUT2D eigenvalue weighted by atomic mass is 35.5. The van der Waals surface area contributed by atoms with Gasteiger partial charge in [0.15, 0.2) is 0 Å². The Morgan fingerprint density at radius 2 is 2.19 bits per heavy atom. The summed E-state index contributed by atoms with van der Waals surface area (Å²) in [6.07, 6.45) is 1.69. The molecular formula is C15H16ClN3O2. The molecule has 0 spiro atoms. The number of nitrogens with zero attached hydrogens (tertiary/aromatic N) is 1. The molecule has 6 heteroatoms. The van der Waals surface area contributed by atoms with Crippen LogP contribution in [0.15, 0.2) is 36.5 Å². The number of carbonyl (C=O) groups excluding carboxylic acids is 1. The van der Waals surface area contributed by atoms with E-state index in [4.69, 9.17) is 22.1 Å². The standard InChI is InChI=1S/C15H16ClN3O2/c1-2-21-14-6-5-12(9-19-14)18-8-11-4-3-10(15(17)20)7-13(11)16/h3-7,9,18H,2,8H2,1H3,(H2,17,20). The number of rotatable bonds is 6. The second kappa shape index (κ2) is 6.95. The summed E-state index contributed by atoms with van der Waals surface area (Å²) in [6.45, 7) is 3.01. The molecule has 0 aliphatic carbocycles. The Balaban J connectivity index is 2.01. The van der Waals surface area contributed by atoms with Crippen molar-refractivity contribution in [1.82, 2.24) is 4.98 Å². The molecule has 0 saturated heterocycles. The largest absolute Gasteiger partial charge is 0.478 e. The molecule has 0 bridgehead atoms. The third-order valence-electron chi connectivity index (χ3n) is 2.85. The van der Waals surface area contributed by atoms with Gasteiger partial charge in [0.1, 0.15) is 0 Å². The summed E-state index contributed by atoms with van der Waals surface area (Å²) in [5, 5.41) is 3.70. The van der Waals surface area contributed by atoms with E-state index in [9.17, 15) is 4.79 Å². The summed E-state index contributed by atoms with van der Waals surface area (Å²) in [4.78, 5) is 15.2. The average molecular weight is 306 g/mol. The van der Waals surface area contributed by atoms with Crippen LogP contribution in [0, 0.1) is 0 Å². The number of hydrogen-bond acceptors (Lipinski definition) is 4. The molecule has 3 N–H and O–H groups in total. The average Bonchev–Trinajstić information content (AvgIpc) is 2.47. The molecule has 0 aliphatic rings. The molecule has 0 fully saturated rings. The lowest BCUT2D eigenvalue weighted by Gasteiger charge is -2.09. The summed E-state index contributed by atoms with van der Waals surface area (Å²) in [5.74, 6) is 0.0963. The zero-order valence-electron chi connectivity index (χ0n) is 11.6. The Bertz CT molecular complexity index is 629. The van der Waals surface area contributed by atoms with E-state index in [0.29, 0.717) is 29.6 Å². The summed E-state index contributed by atoms with van der Waals surface area (Å²) >= 11 is 6.12. The third kappa shape index (κ3) is 4.10. The van der Waals surface area contributed by atoms with Gasteiger partial charge in [0.2, 0.25) is 11.8 Å². The van der Waals surface area contributed by atoms with Gasteiger partial charge in [-0.3, -0.25) is 4.79 Å². The van der Waals surface area contributed by atoms with Gasteiger partial charge >= 0.3 is 0 Å². The van der Waals surface area contributed by atoms with Gasteiger partial charge in [0.05, 0.1) is 18.5 Å². The van der Waals surface area contributed by atoms with Crippen molar-refractivity contribution in [3.05, 3.63) is 52.7 Å². The number of amides is 1. The van der Waals surface area contributed by atoms with Crippen LogP contribution in [0.4, 0.5) is 5.69 Å². The summed E-state index contributed by atoms with van der Waals surface area (Å²) < 4.78 is 5.27. The van der Waals surface area contributed by atoms with E-state index < -0.39 is 5.91 Å². The number of ether oxygens (including phenoxy) is 1. The minimum Gasteiger partial charge on any atom is -0.478 e. The van der Waals surface area contributed by atoms with E-state index in [1.807, 2.05) is 13.0 Å². The maximum Gasteiger partial charge on any atom is 0.248 e. The van der Waals surface area contributed by atoms with Crippen molar-refractivity contribution in [1.29, 1.82) is 0 Å². The predicted molar refractivity (Wildman–Crippen MR) is 82.7 cm³/mol. The molecule has 5 nitrogen and oxygen atoms in total. The maximum absolute atomic E-state index is 11.1. The SMILES string of the molecule is CCOc1ccc(NCc2ccc(C(N)=O)cc2Cl)cn1. The van der Waals surface area contributed by atoms with Gasteiger partial charge in [0.25, 0.3) is 0 Å². The molecule has 2 rings (SSSR count). The highest BCUT2D eigenvalue weighted by molar-refractivity contribution is 6.31. The Morgan fingerprint density at radius 3 is 2.76 bits per heavy atom. The van der Waals surface area contributed by atoms with Gasteiger partial charge in [-0.15, -0.1) is 0 Å². The van der Waals surface area contributed by atoms with Crippen molar-refractivity contribution in [2.75, 3.05) is 11.9 Å². The number of anilines is 1. The van der Waals surface area contributed by atoms with E-state index in [1.165, 1.54) is 0 Å². The molecular weight excluding hydrogens is 290 g/mol. The van der Waals surface area contributed by atoms with Crippen molar-refractivity contribution in [2.24, 2.45) is 5.73 Å². The zero-order chi connectivity index (χ0) is 15.2. The molecule has 1 aromatic heterocycles. The fourth-order valence-corrected chi connectivity index (χ4v) is 2.01. The number of primary amides is 1. The van der Waals surface area contributed by atoms with Gasteiger partial charge in [-0.05, 0) is 30.7 Å². The van der Waals surface area contributed by atoms with E-state index >= 15 is 0 Å². The fourth-order valence-electron chi connectivity index (χ4n) is 1.76. The molecule has 1 amide bonds. The van der Waals surface area contributed by atoms with Crippen molar-refractivity contribution >= 4 is 23.2 Å². The van der Waals surface area contributed by atoms with Crippen LogP contribution in [-0.2, 0) is 6.54 Å². The zero-order valence-corrected chi connectivity index (χ0v) is 12.4. The minimum absolute atomic E-state index is 0.395. The second-order valence-corrected chi connectivity index (χ2v) is 4.75. The van der Waals surface area contributed by atoms with Crippen LogP contribution in [-0.4, -0.2) is 17.5 Å². The minimum atomic E-state index is -0.493. The lowest BCUT2D eigenvalue weighted by molar-refractivity contribution is 0.100. The highest BCUT2D eigenvalue weighted by Crippen LogP contribution is 2.20. The van der Waals surface area contributed by atoms with Crippen LogP contribution in [0.2, 0.25) is 5.02 Å². The number of benzene rings is 1. The molecule has 1 aromatic carbocycles. The van der Waals surface area contributed by atoms with Crippen molar-refractivity contribution in [2.45, 2.75) is 13.5 Å². The van der Waals surface area contributed by atoms with Crippen LogP contribution < -0.4 is 15.8 Å². The molecule has 0 radical (unpaired) electrons. The first kappa shape index (κ1) is 15.1. The Hall–Kier alpha value is -2.27. The molecule has 1 heterocycles. The molecule has 0 atom stereocenters. The van der Waals surface area contributed by atoms with E-state index in [2.05, 4.69) is 10.3 Å². The van der Waals surface area contributed by atoms with Crippen LogP contribution >= 0.6 is 11.6 Å². The lowest BCUT2D eigenvalue weighted by atomic mass is 10.1. The highest BCUT2D eigenvalue weighted by Gasteiger charge is 2.05. The van der Waals surface area contributed by atoms with Crippen molar-refractivity contribution in [3.8, 4) is 5.88 Å². The molecule has 110 valence electrons. The third-order valence-corrected chi connectivity index (χ3v) is 3.20. The molecule has 0 unspecified atom stereocenters. The van der Waals surface area contributed by atoms with Crippen LogP contribution in [0.5, 0.6) is 5.88 Å². The van der Waals surface area contributed by atoms with Gasteiger partial charge in [-0.2, -0.15) is 0 Å². The Kier molecular flexibility index (Phi) is 5.00. The monoisotopic (exact) mass is 305 g/mol. The maximum atomic E-state index is 11.1. The van der Waals surface area contributed by atoms with Gasteiger partial charge in [0, 0.05) is 23.2 Å². The summed E-state index contributed by atoms with van der Waals surface area (Å²) in [5.41, 5.74) is 7.32. The number of nitrogens with one attached hydrogen (secondary N) is 1. The van der Waals surface area contributed by atoms with Gasteiger partial charge in [-0.25, -0.2) is 4.98 Å². The molecule has 2 aromatic rings. The quantitative estimate of drug-likeness (QED) is 0.860. The predicted octanol–water partition coefficient (Wildman–Crippen LogP) is 2.84. The molecule has 0 aliphatic heterocycles. The number of carbonyl (C=O) groups is 1. The first-order valence-electron chi connectivity index (χ1n) is 6.51. The molecule has 0 saturated carbocycles. The van der Waals surface area contributed by atoms with Gasteiger partial charge < -0.3 is 15.8 Å². The normalized spacial score (nSPS) is 10.2. The Labute approximate surface area is 128 Å². The van der Waals surface area contributed by atoms with E-state index in [1.54, 1.807) is 30.5 Å². The van der Waals surface area contributed by atoms with Crippen molar-refractivity contribution in [3.63, 3.8) is 0 Å². The van der Waals surface area contributed by atoms with Crippen LogP contribution in [0.3, 0.4) is 0 Å².